The third kappa shape index (κ3) is 1.14. The molecule has 0 bridgehead atoms. The molecule has 2 aliphatic carbocycles. The molecule has 0 radical (unpaired) electrons. The number of sulfone groups is 1. The highest BCUT2D eigenvalue weighted by molar-refractivity contribution is 7.93. The Kier molecular flexibility index (Phi) is 2.17. The number of nitriles is 1. The first-order chi connectivity index (χ1) is 8.55. The summed E-state index contributed by atoms with van der Waals surface area (Å²) in [6, 6.07) is 9.84. The summed E-state index contributed by atoms with van der Waals surface area (Å²) in [5.41, 5.74) is 0. The molecule has 92 valence electrons. The number of carbonyl (C=O) groups is 1. The predicted octanol–water partition coefficient (Wildman–Crippen LogP) is 1.33. The van der Waals surface area contributed by atoms with Crippen LogP contribution in [0.1, 0.15) is 12.8 Å². The highest BCUT2D eigenvalue weighted by atomic mass is 32.2. The fourth-order valence-corrected chi connectivity index (χ4v) is 5.35. The lowest BCUT2D eigenvalue weighted by Crippen LogP contribution is -2.29. The largest absolute Gasteiger partial charge is 0.299 e. The zero-order valence-electron chi connectivity index (χ0n) is 9.54. The molecule has 2 aliphatic rings. The van der Waals surface area contributed by atoms with E-state index in [1.165, 1.54) is 12.1 Å². The van der Waals surface area contributed by atoms with Gasteiger partial charge in [-0.25, -0.2) is 8.42 Å². The number of carbonyl (C=O) groups excluding carboxylic acids is 1. The van der Waals surface area contributed by atoms with Crippen molar-refractivity contribution in [2.75, 3.05) is 0 Å². The van der Waals surface area contributed by atoms with E-state index in [1.807, 2.05) is 6.07 Å². The van der Waals surface area contributed by atoms with E-state index in [0.717, 1.165) is 0 Å². The summed E-state index contributed by atoms with van der Waals surface area (Å²) in [5, 5.41) is 9.30. The van der Waals surface area contributed by atoms with Crippen LogP contribution in [0.15, 0.2) is 35.2 Å². The molecule has 0 amide bonds. The minimum atomic E-state index is -3.75. The quantitative estimate of drug-likeness (QED) is 0.805. The summed E-state index contributed by atoms with van der Waals surface area (Å²) in [6.45, 7) is 0. The van der Waals surface area contributed by atoms with Gasteiger partial charge in [-0.3, -0.25) is 4.79 Å². The van der Waals surface area contributed by atoms with E-state index in [2.05, 4.69) is 0 Å². The summed E-state index contributed by atoms with van der Waals surface area (Å²) < 4.78 is 23.6. The van der Waals surface area contributed by atoms with Gasteiger partial charge in [0.25, 0.3) is 0 Å². The predicted molar refractivity (Wildman–Crippen MR) is 63.2 cm³/mol. The van der Waals surface area contributed by atoms with E-state index in [-0.39, 0.29) is 16.6 Å². The molecule has 0 aliphatic heterocycles. The zero-order chi connectivity index (χ0) is 13.0. The Morgan fingerprint density at radius 3 is 2.44 bits per heavy atom. The average molecular weight is 261 g/mol. The Morgan fingerprint density at radius 2 is 1.94 bits per heavy atom. The van der Waals surface area contributed by atoms with Gasteiger partial charge in [0.1, 0.15) is 5.78 Å². The number of rotatable bonds is 2. The molecule has 5 heteroatoms. The van der Waals surface area contributed by atoms with Crippen molar-refractivity contribution in [3.8, 4) is 6.07 Å². The summed E-state index contributed by atoms with van der Waals surface area (Å²) in [6.07, 6.45) is 0.923. The van der Waals surface area contributed by atoms with Crippen LogP contribution >= 0.6 is 0 Å². The molecular formula is C13H11NO3S. The van der Waals surface area contributed by atoms with Crippen molar-refractivity contribution in [2.24, 2.45) is 11.8 Å². The van der Waals surface area contributed by atoms with Crippen molar-refractivity contribution in [1.82, 2.24) is 0 Å². The monoisotopic (exact) mass is 261 g/mol. The molecule has 4 nitrogen and oxygen atoms in total. The smallest absolute Gasteiger partial charge is 0.198 e. The van der Waals surface area contributed by atoms with Crippen LogP contribution in [0.4, 0.5) is 0 Å². The normalized spacial score (nSPS) is 33.8. The van der Waals surface area contributed by atoms with Crippen molar-refractivity contribution in [2.45, 2.75) is 22.5 Å². The Morgan fingerprint density at radius 1 is 1.28 bits per heavy atom. The number of hydrogen-bond donors (Lipinski definition) is 0. The zero-order valence-corrected chi connectivity index (χ0v) is 10.4. The van der Waals surface area contributed by atoms with Crippen LogP contribution in [0.2, 0.25) is 0 Å². The number of hydrogen-bond acceptors (Lipinski definition) is 4. The van der Waals surface area contributed by atoms with Crippen LogP contribution in [-0.2, 0) is 14.6 Å². The van der Waals surface area contributed by atoms with Crippen LogP contribution in [0.3, 0.4) is 0 Å². The summed E-state index contributed by atoms with van der Waals surface area (Å²) in [5.74, 6) is -0.992. The van der Waals surface area contributed by atoms with Crippen molar-refractivity contribution in [3.05, 3.63) is 30.3 Å². The molecule has 1 aromatic carbocycles. The van der Waals surface area contributed by atoms with Crippen molar-refractivity contribution in [3.63, 3.8) is 0 Å². The Balaban J connectivity index is 2.11. The highest BCUT2D eigenvalue weighted by Gasteiger charge is 2.78. The molecule has 0 spiro atoms. The number of ketones is 1. The highest BCUT2D eigenvalue weighted by Crippen LogP contribution is 2.64. The van der Waals surface area contributed by atoms with Crippen molar-refractivity contribution < 1.29 is 13.2 Å². The third-order valence-corrected chi connectivity index (χ3v) is 6.46. The van der Waals surface area contributed by atoms with Gasteiger partial charge in [0.2, 0.25) is 0 Å². The number of benzene rings is 1. The lowest BCUT2D eigenvalue weighted by atomic mass is 10.1. The second-order valence-corrected chi connectivity index (χ2v) is 6.96. The Bertz CT molecular complexity index is 659. The molecule has 18 heavy (non-hydrogen) atoms. The molecule has 0 unspecified atom stereocenters. The lowest BCUT2D eigenvalue weighted by Gasteiger charge is -2.13. The van der Waals surface area contributed by atoms with E-state index < -0.39 is 20.5 Å². The average Bonchev–Trinajstić information content (AvgIpc) is 2.92. The van der Waals surface area contributed by atoms with E-state index in [1.54, 1.807) is 18.2 Å². The van der Waals surface area contributed by atoms with Gasteiger partial charge >= 0.3 is 0 Å². The van der Waals surface area contributed by atoms with Crippen LogP contribution in [0.25, 0.3) is 0 Å². The fourth-order valence-electron chi connectivity index (χ4n) is 3.11. The first-order valence-corrected chi connectivity index (χ1v) is 7.27. The minimum absolute atomic E-state index is 0.0824. The lowest BCUT2D eigenvalue weighted by molar-refractivity contribution is -0.119. The molecule has 2 fully saturated rings. The van der Waals surface area contributed by atoms with Crippen LogP contribution in [0, 0.1) is 23.2 Å². The maximum atomic E-state index is 12.5. The summed E-state index contributed by atoms with van der Waals surface area (Å²) in [4.78, 5) is 11.8. The maximum Gasteiger partial charge on any atom is 0.198 e. The number of nitrogens with zero attached hydrogens (tertiary/aromatic N) is 1. The molecule has 0 aromatic heterocycles. The molecule has 0 heterocycles. The van der Waals surface area contributed by atoms with Crippen LogP contribution in [-0.4, -0.2) is 18.9 Å². The van der Waals surface area contributed by atoms with E-state index >= 15 is 0 Å². The fraction of sp³-hybridized carbons (Fsp3) is 0.385. The minimum Gasteiger partial charge on any atom is -0.299 e. The number of fused-ring (bicyclic) bond motifs is 1. The Labute approximate surface area is 105 Å². The standard InChI is InChI=1S/C13H11NO3S/c14-8-13(10-6-7-11(15)12(10)13)18(16,17)9-4-2-1-3-5-9/h1-5,10,12H,6-7H2/t10-,12-,13+/m0/s1. The van der Waals surface area contributed by atoms with Gasteiger partial charge in [-0.05, 0) is 18.6 Å². The van der Waals surface area contributed by atoms with Gasteiger partial charge in [-0.15, -0.1) is 0 Å². The van der Waals surface area contributed by atoms with Gasteiger partial charge < -0.3 is 0 Å². The maximum absolute atomic E-state index is 12.5. The van der Waals surface area contributed by atoms with E-state index in [9.17, 15) is 18.5 Å². The van der Waals surface area contributed by atoms with Gasteiger partial charge in [0.15, 0.2) is 14.6 Å². The van der Waals surface area contributed by atoms with Crippen molar-refractivity contribution in [1.29, 1.82) is 5.26 Å². The molecule has 2 saturated carbocycles. The van der Waals surface area contributed by atoms with Crippen molar-refractivity contribution >= 4 is 15.6 Å². The topological polar surface area (TPSA) is 75.0 Å². The molecule has 0 saturated heterocycles. The molecule has 3 rings (SSSR count). The Hall–Kier alpha value is -1.67. The second kappa shape index (κ2) is 3.42. The first kappa shape index (κ1) is 11.4. The van der Waals surface area contributed by atoms with E-state index in [0.29, 0.717) is 12.8 Å². The number of Topliss-reactive ketones (excluding diaryl/α,β-unsaturated/α-hetero) is 1. The van der Waals surface area contributed by atoms with Crippen LogP contribution < -0.4 is 0 Å². The molecule has 3 atom stereocenters. The summed E-state index contributed by atoms with van der Waals surface area (Å²) >= 11 is 0. The van der Waals surface area contributed by atoms with Gasteiger partial charge in [0.05, 0.1) is 16.9 Å². The molecule has 1 aromatic rings. The van der Waals surface area contributed by atoms with Gasteiger partial charge in [0, 0.05) is 12.3 Å². The second-order valence-electron chi connectivity index (χ2n) is 4.81. The van der Waals surface area contributed by atoms with Gasteiger partial charge in [-0.1, -0.05) is 18.2 Å². The molecule has 0 N–H and O–H groups in total. The molecular weight excluding hydrogens is 250 g/mol. The summed E-state index contributed by atoms with van der Waals surface area (Å²) in [7, 11) is -3.75. The SMILES string of the molecule is N#C[C@]1(S(=O)(=O)c2ccccc2)[C@@H]2C(=O)CC[C@@H]21. The third-order valence-electron chi connectivity index (χ3n) is 4.03. The van der Waals surface area contributed by atoms with Gasteiger partial charge in [-0.2, -0.15) is 5.26 Å². The first-order valence-electron chi connectivity index (χ1n) is 5.79. The van der Waals surface area contributed by atoms with E-state index in [4.69, 9.17) is 0 Å². The van der Waals surface area contributed by atoms with Crippen LogP contribution in [0.5, 0.6) is 0 Å².